The van der Waals surface area contributed by atoms with E-state index >= 15 is 0 Å². The lowest BCUT2D eigenvalue weighted by Gasteiger charge is -2.18. The summed E-state index contributed by atoms with van der Waals surface area (Å²) in [6.07, 6.45) is 5.22. The molecule has 1 N–H and O–H groups in total. The van der Waals surface area contributed by atoms with E-state index in [0.717, 1.165) is 36.2 Å². The molecule has 0 saturated heterocycles. The number of ether oxygens (including phenoxy) is 1. The number of hydrogen-bond acceptors (Lipinski definition) is 7. The lowest BCUT2D eigenvalue weighted by Crippen LogP contribution is -2.17. The molecule has 0 bridgehead atoms. The number of methoxy groups -OCH3 is 1. The molecule has 0 fully saturated rings. The van der Waals surface area contributed by atoms with Gasteiger partial charge in [-0.1, -0.05) is 55.1 Å². The molecule has 178 valence electrons. The van der Waals surface area contributed by atoms with Crippen LogP contribution in [0.2, 0.25) is 0 Å². The van der Waals surface area contributed by atoms with Gasteiger partial charge in [0.25, 0.3) is 0 Å². The number of carbonyl (C=O) groups excluding carboxylic acids is 2. The minimum absolute atomic E-state index is 0.153. The van der Waals surface area contributed by atoms with Gasteiger partial charge in [0, 0.05) is 17.8 Å². The van der Waals surface area contributed by atoms with Crippen molar-refractivity contribution in [2.75, 3.05) is 18.2 Å². The van der Waals surface area contributed by atoms with Crippen molar-refractivity contribution in [1.82, 2.24) is 14.8 Å². The van der Waals surface area contributed by atoms with E-state index < -0.39 is 5.97 Å². The molecule has 0 radical (unpaired) electrons. The van der Waals surface area contributed by atoms with Crippen LogP contribution >= 0.6 is 23.1 Å². The molecule has 4 rings (SSSR count). The van der Waals surface area contributed by atoms with Crippen molar-refractivity contribution in [2.45, 2.75) is 44.3 Å². The molecule has 3 aromatic rings. The maximum absolute atomic E-state index is 12.8. The lowest BCUT2D eigenvalue weighted by atomic mass is 9.88. The van der Waals surface area contributed by atoms with E-state index in [1.165, 1.54) is 35.1 Å². The van der Waals surface area contributed by atoms with Crippen molar-refractivity contribution in [2.24, 2.45) is 5.92 Å². The van der Waals surface area contributed by atoms with Gasteiger partial charge in [-0.3, -0.25) is 4.79 Å². The summed E-state index contributed by atoms with van der Waals surface area (Å²) in [5.41, 5.74) is 2.67. The monoisotopic (exact) mass is 496 g/mol. The third-order valence-corrected chi connectivity index (χ3v) is 7.93. The van der Waals surface area contributed by atoms with Crippen LogP contribution in [0.3, 0.4) is 0 Å². The van der Waals surface area contributed by atoms with Gasteiger partial charge in [-0.2, -0.15) is 0 Å². The lowest BCUT2D eigenvalue weighted by molar-refractivity contribution is -0.113. The van der Waals surface area contributed by atoms with Crippen LogP contribution in [-0.4, -0.2) is 39.5 Å². The van der Waals surface area contributed by atoms with Crippen LogP contribution in [0.5, 0.6) is 0 Å². The Labute approximate surface area is 207 Å². The molecule has 1 aromatic carbocycles. The molecule has 0 aliphatic heterocycles. The van der Waals surface area contributed by atoms with Gasteiger partial charge in [-0.05, 0) is 36.3 Å². The number of rotatable bonds is 9. The zero-order chi connectivity index (χ0) is 24.1. The highest BCUT2D eigenvalue weighted by molar-refractivity contribution is 7.99. The molecule has 1 amide bonds. The minimum atomic E-state index is -0.397. The van der Waals surface area contributed by atoms with Crippen molar-refractivity contribution in [3.8, 4) is 0 Å². The number of amides is 1. The first-order valence-electron chi connectivity index (χ1n) is 11.2. The van der Waals surface area contributed by atoms with Gasteiger partial charge < -0.3 is 14.6 Å². The quantitative estimate of drug-likeness (QED) is 0.261. The molecule has 7 nitrogen and oxygen atoms in total. The SMILES string of the molecule is C=CCn1c(Cc2ccccc2)nnc1SCC(=O)Nc1sc2c(c1C(=O)OC)CCC(C)C2. The number of esters is 1. The summed E-state index contributed by atoms with van der Waals surface area (Å²) in [6.45, 7) is 6.61. The van der Waals surface area contributed by atoms with Crippen LogP contribution in [0.25, 0.3) is 0 Å². The number of thioether (sulfide) groups is 1. The highest BCUT2D eigenvalue weighted by Gasteiger charge is 2.29. The number of hydrogen-bond donors (Lipinski definition) is 1. The number of aromatic nitrogens is 3. The van der Waals surface area contributed by atoms with Gasteiger partial charge in [0.2, 0.25) is 5.91 Å². The van der Waals surface area contributed by atoms with E-state index in [-0.39, 0.29) is 11.7 Å². The zero-order valence-electron chi connectivity index (χ0n) is 19.4. The van der Waals surface area contributed by atoms with Crippen LogP contribution in [0.4, 0.5) is 5.00 Å². The second-order valence-corrected chi connectivity index (χ2v) is 10.4. The van der Waals surface area contributed by atoms with Gasteiger partial charge in [0.1, 0.15) is 10.8 Å². The van der Waals surface area contributed by atoms with Gasteiger partial charge in [0.15, 0.2) is 5.16 Å². The summed E-state index contributed by atoms with van der Waals surface area (Å²) >= 11 is 2.81. The molecule has 2 heterocycles. The highest BCUT2D eigenvalue weighted by atomic mass is 32.2. The van der Waals surface area contributed by atoms with Gasteiger partial charge >= 0.3 is 5.97 Å². The standard InChI is InChI=1S/C25H28N4O3S2/c1-4-12-29-20(14-17-8-6-5-7-9-17)27-28-25(29)33-15-21(30)26-23-22(24(31)32-3)18-11-10-16(2)13-19(18)34-23/h4-9,16H,1,10-15H2,2-3H3,(H,26,30). The molecular formula is C25H28N4O3S2. The number of carbonyl (C=O) groups is 2. The highest BCUT2D eigenvalue weighted by Crippen LogP contribution is 2.40. The van der Waals surface area contributed by atoms with Crippen LogP contribution in [0.15, 0.2) is 48.1 Å². The number of nitrogens with one attached hydrogen (secondary N) is 1. The van der Waals surface area contributed by atoms with Crippen LogP contribution < -0.4 is 5.32 Å². The molecule has 0 spiro atoms. The van der Waals surface area contributed by atoms with Gasteiger partial charge in [-0.25, -0.2) is 4.79 Å². The summed E-state index contributed by atoms with van der Waals surface area (Å²) in [5, 5.41) is 12.8. The summed E-state index contributed by atoms with van der Waals surface area (Å²) in [7, 11) is 1.37. The summed E-state index contributed by atoms with van der Waals surface area (Å²) in [6, 6.07) is 10.1. The Hall–Kier alpha value is -2.91. The predicted molar refractivity (Wildman–Crippen MR) is 136 cm³/mol. The van der Waals surface area contributed by atoms with Crippen molar-refractivity contribution in [3.05, 3.63) is 70.4 Å². The third kappa shape index (κ3) is 5.42. The van der Waals surface area contributed by atoms with Crippen LogP contribution in [0, 0.1) is 5.92 Å². The van der Waals surface area contributed by atoms with E-state index in [1.54, 1.807) is 6.08 Å². The average Bonchev–Trinajstić information content (AvgIpc) is 3.38. The van der Waals surface area contributed by atoms with Gasteiger partial charge in [0.05, 0.1) is 18.4 Å². The Morgan fingerprint density at radius 1 is 1.32 bits per heavy atom. The van der Waals surface area contributed by atoms with E-state index in [0.29, 0.717) is 34.6 Å². The molecule has 1 atom stereocenters. The Kier molecular flexibility index (Phi) is 7.84. The van der Waals surface area contributed by atoms with E-state index in [9.17, 15) is 9.59 Å². The number of fused-ring (bicyclic) bond motifs is 1. The zero-order valence-corrected chi connectivity index (χ0v) is 21.0. The fourth-order valence-electron chi connectivity index (χ4n) is 4.10. The summed E-state index contributed by atoms with van der Waals surface area (Å²) in [5.74, 6) is 0.949. The molecule has 2 aromatic heterocycles. The Morgan fingerprint density at radius 3 is 2.85 bits per heavy atom. The van der Waals surface area contributed by atoms with Crippen molar-refractivity contribution < 1.29 is 14.3 Å². The maximum Gasteiger partial charge on any atom is 0.341 e. The summed E-state index contributed by atoms with van der Waals surface area (Å²) in [4.78, 5) is 26.5. The molecule has 1 aliphatic rings. The minimum Gasteiger partial charge on any atom is -0.465 e. The topological polar surface area (TPSA) is 86.1 Å². The Morgan fingerprint density at radius 2 is 2.12 bits per heavy atom. The number of thiophene rings is 1. The van der Waals surface area contributed by atoms with E-state index in [4.69, 9.17) is 4.74 Å². The van der Waals surface area contributed by atoms with E-state index in [1.807, 2.05) is 34.9 Å². The van der Waals surface area contributed by atoms with Crippen molar-refractivity contribution in [1.29, 1.82) is 0 Å². The molecule has 1 unspecified atom stereocenters. The molecular weight excluding hydrogens is 468 g/mol. The smallest absolute Gasteiger partial charge is 0.341 e. The number of allylic oxidation sites excluding steroid dienone is 1. The first kappa shape index (κ1) is 24.2. The molecule has 34 heavy (non-hydrogen) atoms. The fourth-order valence-corrected chi connectivity index (χ4v) is 6.28. The molecule has 0 saturated carbocycles. The fraction of sp³-hybridized carbons (Fsp3) is 0.360. The average molecular weight is 497 g/mol. The Balaban J connectivity index is 1.46. The van der Waals surface area contributed by atoms with Crippen molar-refractivity contribution in [3.63, 3.8) is 0 Å². The van der Waals surface area contributed by atoms with Gasteiger partial charge in [-0.15, -0.1) is 28.1 Å². The van der Waals surface area contributed by atoms with Crippen LogP contribution in [-0.2, 0) is 35.3 Å². The second-order valence-electron chi connectivity index (χ2n) is 8.34. The first-order chi connectivity index (χ1) is 16.5. The largest absolute Gasteiger partial charge is 0.465 e. The Bertz CT molecular complexity index is 1190. The molecule has 9 heteroatoms. The maximum atomic E-state index is 12.8. The first-order valence-corrected chi connectivity index (χ1v) is 13.0. The van der Waals surface area contributed by atoms with Crippen molar-refractivity contribution >= 4 is 40.0 Å². The normalized spacial score (nSPS) is 14.9. The number of anilines is 1. The van der Waals surface area contributed by atoms with E-state index in [2.05, 4.69) is 29.0 Å². The number of benzene rings is 1. The second kappa shape index (κ2) is 11.0. The van der Waals surface area contributed by atoms with Crippen LogP contribution in [0.1, 0.15) is 45.5 Å². The summed E-state index contributed by atoms with van der Waals surface area (Å²) < 4.78 is 6.99. The number of nitrogens with zero attached hydrogens (tertiary/aromatic N) is 3. The third-order valence-electron chi connectivity index (χ3n) is 5.80. The molecule has 1 aliphatic carbocycles. The predicted octanol–water partition coefficient (Wildman–Crippen LogP) is 4.76.